The Bertz CT molecular complexity index is 1210. The van der Waals surface area contributed by atoms with E-state index < -0.39 is 22.0 Å². The van der Waals surface area contributed by atoms with Crippen LogP contribution >= 0.6 is 0 Å². The minimum atomic E-state index is -3.87. The second-order valence-electron chi connectivity index (χ2n) is 7.42. The Kier molecular flexibility index (Phi) is 6.00. The number of fused-ring (bicyclic) bond motifs is 1. The minimum absolute atomic E-state index is 0.108. The Labute approximate surface area is 176 Å². The molecule has 0 aliphatic carbocycles. The van der Waals surface area contributed by atoms with E-state index in [1.807, 2.05) is 44.1 Å². The fourth-order valence-corrected chi connectivity index (χ4v) is 4.65. The number of nitrogens with two attached hydrogens (primary N) is 1. The van der Waals surface area contributed by atoms with E-state index in [2.05, 4.69) is 4.72 Å². The number of benzene rings is 3. The molecule has 0 bridgehead atoms. The van der Waals surface area contributed by atoms with Gasteiger partial charge in [0.2, 0.25) is 0 Å². The van der Waals surface area contributed by atoms with Crippen LogP contribution in [0.3, 0.4) is 0 Å². The van der Waals surface area contributed by atoms with Gasteiger partial charge in [0, 0.05) is 36.2 Å². The minimum Gasteiger partial charge on any atom is -0.480 e. The molecule has 0 heterocycles. The molecule has 4 N–H and O–H groups in total. The summed E-state index contributed by atoms with van der Waals surface area (Å²) in [7, 11) is -0.0597. The number of carboxylic acid groups (broad SMARTS) is 1. The molecule has 0 fully saturated rings. The summed E-state index contributed by atoms with van der Waals surface area (Å²) in [5, 5.41) is 10.5. The molecule has 0 aliphatic rings. The van der Waals surface area contributed by atoms with Crippen LogP contribution in [0.5, 0.6) is 0 Å². The normalized spacial score (nSPS) is 12.5. The maximum Gasteiger partial charge on any atom is 0.320 e. The van der Waals surface area contributed by atoms with Crippen molar-refractivity contribution in [2.24, 2.45) is 5.73 Å². The number of nitrogens with one attached hydrogen (secondary N) is 1. The molecule has 3 aromatic rings. The molecular formula is C22H25N3O4S. The van der Waals surface area contributed by atoms with Crippen LogP contribution in [-0.4, -0.2) is 39.6 Å². The van der Waals surface area contributed by atoms with Gasteiger partial charge in [0.15, 0.2) is 0 Å². The lowest BCUT2D eigenvalue weighted by Crippen LogP contribution is -2.32. The van der Waals surface area contributed by atoms with E-state index in [4.69, 9.17) is 10.8 Å². The zero-order chi connectivity index (χ0) is 22.1. The van der Waals surface area contributed by atoms with Crippen molar-refractivity contribution in [1.82, 2.24) is 0 Å². The van der Waals surface area contributed by atoms with Gasteiger partial charge in [0.25, 0.3) is 10.0 Å². The van der Waals surface area contributed by atoms with E-state index in [1.54, 1.807) is 36.4 Å². The molecule has 0 unspecified atom stereocenters. The third kappa shape index (κ3) is 4.39. The molecule has 0 saturated heterocycles. The van der Waals surface area contributed by atoms with E-state index in [1.165, 1.54) is 0 Å². The number of hydrogen-bond donors (Lipinski definition) is 3. The maximum absolute atomic E-state index is 13.2. The Morgan fingerprint density at radius 2 is 1.77 bits per heavy atom. The lowest BCUT2D eigenvalue weighted by Gasteiger charge is -2.17. The number of nitrogens with zero attached hydrogens (tertiary/aromatic N) is 1. The Balaban J connectivity index is 2.00. The highest BCUT2D eigenvalue weighted by atomic mass is 32.2. The zero-order valence-electron chi connectivity index (χ0n) is 17.1. The summed E-state index contributed by atoms with van der Waals surface area (Å²) in [6, 6.07) is 14.7. The van der Waals surface area contributed by atoms with E-state index in [9.17, 15) is 13.2 Å². The van der Waals surface area contributed by atoms with Gasteiger partial charge in [0.05, 0.1) is 4.90 Å². The number of hydrogen-bond acceptors (Lipinski definition) is 5. The van der Waals surface area contributed by atoms with Gasteiger partial charge in [-0.25, -0.2) is 8.42 Å². The standard InChI is InChI=1S/C22H25N3O4S/c1-14-10-11-16(12-15(14)13-19(23)22(26)27)24-30(28,29)21-9-5-6-17-18(21)7-4-8-20(17)25(2)3/h4-12,19,24H,13,23H2,1-3H3,(H,26,27)/t19-/m0/s1. The molecule has 7 nitrogen and oxygen atoms in total. The molecule has 1 atom stereocenters. The Morgan fingerprint density at radius 3 is 2.43 bits per heavy atom. The molecule has 0 radical (unpaired) electrons. The fourth-order valence-electron chi connectivity index (χ4n) is 3.38. The van der Waals surface area contributed by atoms with Gasteiger partial charge in [0.1, 0.15) is 6.04 Å². The van der Waals surface area contributed by atoms with E-state index >= 15 is 0 Å². The molecule has 158 valence electrons. The second kappa shape index (κ2) is 8.33. The lowest BCUT2D eigenvalue weighted by molar-refractivity contribution is -0.138. The first kappa shape index (κ1) is 21.6. The van der Waals surface area contributed by atoms with Crippen LogP contribution in [0.15, 0.2) is 59.5 Å². The van der Waals surface area contributed by atoms with Crippen LogP contribution in [-0.2, 0) is 21.2 Å². The van der Waals surface area contributed by atoms with Gasteiger partial charge in [-0.2, -0.15) is 0 Å². The van der Waals surface area contributed by atoms with Crippen LogP contribution in [0.4, 0.5) is 11.4 Å². The highest BCUT2D eigenvalue weighted by Crippen LogP contribution is 2.31. The molecule has 0 saturated carbocycles. The predicted molar refractivity (Wildman–Crippen MR) is 120 cm³/mol. The third-order valence-corrected chi connectivity index (χ3v) is 6.43. The molecule has 30 heavy (non-hydrogen) atoms. The Hall–Kier alpha value is -3.10. The van der Waals surface area contributed by atoms with E-state index in [0.717, 1.165) is 16.6 Å². The first-order chi connectivity index (χ1) is 14.1. The zero-order valence-corrected chi connectivity index (χ0v) is 17.9. The average Bonchev–Trinajstić information content (AvgIpc) is 2.69. The van der Waals surface area contributed by atoms with Crippen LogP contribution < -0.4 is 15.4 Å². The second-order valence-corrected chi connectivity index (χ2v) is 9.07. The van der Waals surface area contributed by atoms with Crippen molar-refractivity contribution >= 4 is 38.1 Å². The number of carboxylic acids is 1. The van der Waals surface area contributed by atoms with Crippen LogP contribution in [0.1, 0.15) is 11.1 Å². The molecule has 0 amide bonds. The number of anilines is 2. The van der Waals surface area contributed by atoms with Gasteiger partial charge < -0.3 is 15.7 Å². The highest BCUT2D eigenvalue weighted by molar-refractivity contribution is 7.93. The molecule has 0 aromatic heterocycles. The first-order valence-electron chi connectivity index (χ1n) is 9.40. The predicted octanol–water partition coefficient (Wildman–Crippen LogP) is 2.97. The van der Waals surface area contributed by atoms with Crippen molar-refractivity contribution in [2.75, 3.05) is 23.7 Å². The SMILES string of the molecule is Cc1ccc(NS(=O)(=O)c2cccc3c(N(C)C)cccc23)cc1C[C@H](N)C(=O)O. The summed E-state index contributed by atoms with van der Waals surface area (Å²) in [5.41, 5.74) is 8.44. The summed E-state index contributed by atoms with van der Waals surface area (Å²) >= 11 is 0. The fraction of sp³-hybridized carbons (Fsp3) is 0.227. The number of sulfonamides is 1. The van der Waals surface area contributed by atoms with Crippen molar-refractivity contribution < 1.29 is 18.3 Å². The van der Waals surface area contributed by atoms with Crippen LogP contribution in [0.25, 0.3) is 10.8 Å². The lowest BCUT2D eigenvalue weighted by atomic mass is 10.0. The summed E-state index contributed by atoms with van der Waals surface area (Å²) in [5.74, 6) is -1.10. The molecule has 3 rings (SSSR count). The molecular weight excluding hydrogens is 402 g/mol. The topological polar surface area (TPSA) is 113 Å². The van der Waals surface area contributed by atoms with Crippen LogP contribution in [0.2, 0.25) is 0 Å². The van der Waals surface area contributed by atoms with Gasteiger partial charge >= 0.3 is 5.97 Å². The highest BCUT2D eigenvalue weighted by Gasteiger charge is 2.20. The van der Waals surface area contributed by atoms with E-state index in [0.29, 0.717) is 16.6 Å². The van der Waals surface area contributed by atoms with Gasteiger partial charge in [-0.3, -0.25) is 9.52 Å². The van der Waals surface area contributed by atoms with Gasteiger partial charge in [-0.1, -0.05) is 30.3 Å². The Morgan fingerprint density at radius 1 is 1.10 bits per heavy atom. The smallest absolute Gasteiger partial charge is 0.320 e. The van der Waals surface area contributed by atoms with Crippen molar-refractivity contribution in [3.05, 3.63) is 65.7 Å². The maximum atomic E-state index is 13.2. The van der Waals surface area contributed by atoms with Crippen molar-refractivity contribution in [2.45, 2.75) is 24.3 Å². The third-order valence-electron chi connectivity index (χ3n) is 4.99. The largest absolute Gasteiger partial charge is 0.480 e. The van der Waals surface area contributed by atoms with Gasteiger partial charge in [-0.15, -0.1) is 0 Å². The average molecular weight is 428 g/mol. The first-order valence-corrected chi connectivity index (χ1v) is 10.9. The number of aliphatic carboxylic acids is 1. The number of aryl methyl sites for hydroxylation is 1. The van der Waals surface area contributed by atoms with Crippen molar-refractivity contribution in [1.29, 1.82) is 0 Å². The van der Waals surface area contributed by atoms with Gasteiger partial charge in [-0.05, 0) is 48.7 Å². The molecule has 0 spiro atoms. The summed E-state index contributed by atoms with van der Waals surface area (Å²) in [6.07, 6.45) is 0.108. The monoisotopic (exact) mass is 427 g/mol. The van der Waals surface area contributed by atoms with Crippen LogP contribution in [0, 0.1) is 6.92 Å². The number of rotatable bonds is 7. The summed E-state index contributed by atoms with van der Waals surface area (Å²) in [6.45, 7) is 1.83. The number of carbonyl (C=O) groups is 1. The molecule has 3 aromatic carbocycles. The van der Waals surface area contributed by atoms with E-state index in [-0.39, 0.29) is 11.3 Å². The molecule has 8 heteroatoms. The summed E-state index contributed by atoms with van der Waals surface area (Å²) in [4.78, 5) is 13.2. The molecule has 0 aliphatic heterocycles. The van der Waals surface area contributed by atoms with Crippen molar-refractivity contribution in [3.63, 3.8) is 0 Å². The van der Waals surface area contributed by atoms with Crippen molar-refractivity contribution in [3.8, 4) is 0 Å². The quantitative estimate of drug-likeness (QED) is 0.534. The summed E-state index contributed by atoms with van der Waals surface area (Å²) < 4.78 is 29.0.